The number of carbonyl (C=O) groups is 2. The Morgan fingerprint density at radius 1 is 1.30 bits per heavy atom. The summed E-state index contributed by atoms with van der Waals surface area (Å²) in [5, 5.41) is 2.35. The molecule has 7 heteroatoms. The molecule has 0 unspecified atom stereocenters. The first kappa shape index (κ1) is 14.1. The molecule has 0 bridgehead atoms. The van der Waals surface area contributed by atoms with E-state index in [1.165, 1.54) is 18.2 Å². The van der Waals surface area contributed by atoms with Crippen LogP contribution in [0.25, 0.3) is 0 Å². The number of ether oxygens (including phenoxy) is 1. The molecule has 1 aliphatic heterocycles. The van der Waals surface area contributed by atoms with E-state index in [1.54, 1.807) is 0 Å². The Morgan fingerprint density at radius 2 is 2.00 bits per heavy atom. The third-order valence-electron chi connectivity index (χ3n) is 2.64. The van der Waals surface area contributed by atoms with Gasteiger partial charge in [0.05, 0.1) is 17.7 Å². The van der Waals surface area contributed by atoms with E-state index in [-0.39, 0.29) is 17.9 Å². The van der Waals surface area contributed by atoms with Crippen LogP contribution in [-0.2, 0) is 26.9 Å². The van der Waals surface area contributed by atoms with Crippen LogP contribution in [0.3, 0.4) is 0 Å². The number of nitrogens with one attached hydrogen (secondary N) is 1. The lowest BCUT2D eigenvalue weighted by atomic mass is 10.0. The molecular formula is C13H10F3NO3. The molecular weight excluding hydrogens is 275 g/mol. The lowest BCUT2D eigenvalue weighted by Gasteiger charge is -2.12. The van der Waals surface area contributed by atoms with Crippen molar-refractivity contribution in [2.45, 2.75) is 12.6 Å². The van der Waals surface area contributed by atoms with Gasteiger partial charge in [0.15, 0.2) is 0 Å². The largest absolute Gasteiger partial charge is 0.456 e. The first-order chi connectivity index (χ1) is 9.36. The SMILES string of the molecule is O=C(Cc1ccccc1C(F)(F)F)NC1=CC(=O)OC1. The van der Waals surface area contributed by atoms with Crippen molar-refractivity contribution in [3.05, 3.63) is 47.2 Å². The molecule has 1 heterocycles. The van der Waals surface area contributed by atoms with Crippen molar-refractivity contribution in [3.8, 4) is 0 Å². The Kier molecular flexibility index (Phi) is 3.78. The van der Waals surface area contributed by atoms with Crippen molar-refractivity contribution in [1.82, 2.24) is 5.32 Å². The highest BCUT2D eigenvalue weighted by molar-refractivity contribution is 5.88. The van der Waals surface area contributed by atoms with Gasteiger partial charge in [-0.2, -0.15) is 13.2 Å². The molecule has 0 spiro atoms. The van der Waals surface area contributed by atoms with Crippen molar-refractivity contribution in [1.29, 1.82) is 0 Å². The molecule has 20 heavy (non-hydrogen) atoms. The molecule has 0 atom stereocenters. The summed E-state index contributed by atoms with van der Waals surface area (Å²) in [4.78, 5) is 22.4. The van der Waals surface area contributed by atoms with Gasteiger partial charge in [-0.1, -0.05) is 18.2 Å². The van der Waals surface area contributed by atoms with Crippen LogP contribution in [0, 0.1) is 0 Å². The first-order valence-electron chi connectivity index (χ1n) is 5.68. The van der Waals surface area contributed by atoms with Gasteiger partial charge < -0.3 is 10.1 Å². The minimum atomic E-state index is -4.51. The monoisotopic (exact) mass is 285 g/mol. The number of esters is 1. The summed E-state index contributed by atoms with van der Waals surface area (Å²) in [6, 6.07) is 4.85. The maximum atomic E-state index is 12.7. The van der Waals surface area contributed by atoms with E-state index in [1.807, 2.05) is 0 Å². The van der Waals surface area contributed by atoms with Crippen LogP contribution in [0.4, 0.5) is 13.2 Å². The lowest BCUT2D eigenvalue weighted by molar-refractivity contribution is -0.138. The topological polar surface area (TPSA) is 55.4 Å². The third kappa shape index (κ3) is 3.37. The van der Waals surface area contributed by atoms with Crippen LogP contribution < -0.4 is 5.32 Å². The number of hydrogen-bond donors (Lipinski definition) is 1. The molecule has 2 rings (SSSR count). The molecule has 1 aromatic carbocycles. The number of rotatable bonds is 3. The van der Waals surface area contributed by atoms with Gasteiger partial charge in [-0.05, 0) is 11.6 Å². The molecule has 1 aromatic rings. The predicted octanol–water partition coefficient (Wildman–Crippen LogP) is 1.80. The quantitative estimate of drug-likeness (QED) is 0.862. The van der Waals surface area contributed by atoms with Gasteiger partial charge in [0.1, 0.15) is 6.61 Å². The van der Waals surface area contributed by atoms with Gasteiger partial charge in [0, 0.05) is 6.08 Å². The van der Waals surface area contributed by atoms with E-state index in [2.05, 4.69) is 10.1 Å². The summed E-state index contributed by atoms with van der Waals surface area (Å²) in [6.07, 6.45) is -3.85. The average Bonchev–Trinajstić information content (AvgIpc) is 2.73. The highest BCUT2D eigenvalue weighted by Gasteiger charge is 2.33. The standard InChI is InChI=1S/C13H10F3NO3/c14-13(15,16)10-4-2-1-3-8(10)5-11(18)17-9-6-12(19)20-7-9/h1-4,6H,5,7H2,(H,17,18). The van der Waals surface area contributed by atoms with E-state index in [0.29, 0.717) is 0 Å². The minimum absolute atomic E-state index is 0.0779. The number of benzene rings is 1. The van der Waals surface area contributed by atoms with Crippen molar-refractivity contribution < 1.29 is 27.5 Å². The van der Waals surface area contributed by atoms with Crippen LogP contribution in [0.2, 0.25) is 0 Å². The van der Waals surface area contributed by atoms with Gasteiger partial charge in [-0.25, -0.2) is 4.79 Å². The molecule has 0 saturated carbocycles. The minimum Gasteiger partial charge on any atom is -0.456 e. The number of carbonyl (C=O) groups excluding carboxylic acids is 2. The van der Waals surface area contributed by atoms with Crippen LogP contribution in [0.5, 0.6) is 0 Å². The molecule has 106 valence electrons. The van der Waals surface area contributed by atoms with Crippen molar-refractivity contribution in [2.24, 2.45) is 0 Å². The molecule has 0 aliphatic carbocycles. The molecule has 1 N–H and O–H groups in total. The molecule has 0 aromatic heterocycles. The number of halogens is 3. The van der Waals surface area contributed by atoms with Crippen LogP contribution in [-0.4, -0.2) is 18.5 Å². The van der Waals surface area contributed by atoms with E-state index in [9.17, 15) is 22.8 Å². The summed E-state index contributed by atoms with van der Waals surface area (Å²) in [6.45, 7) is -0.0779. The molecule has 1 amide bonds. The van der Waals surface area contributed by atoms with E-state index in [0.717, 1.165) is 12.1 Å². The first-order valence-corrected chi connectivity index (χ1v) is 5.68. The second-order valence-corrected chi connectivity index (χ2v) is 4.16. The Labute approximate surface area is 112 Å². The average molecular weight is 285 g/mol. The Balaban J connectivity index is 2.09. The van der Waals surface area contributed by atoms with Crippen molar-refractivity contribution in [3.63, 3.8) is 0 Å². The fourth-order valence-corrected chi connectivity index (χ4v) is 1.79. The van der Waals surface area contributed by atoms with Crippen molar-refractivity contribution in [2.75, 3.05) is 6.61 Å². The number of hydrogen-bond acceptors (Lipinski definition) is 3. The molecule has 0 radical (unpaired) electrons. The van der Waals surface area contributed by atoms with Gasteiger partial charge >= 0.3 is 12.1 Å². The highest BCUT2D eigenvalue weighted by Crippen LogP contribution is 2.32. The molecule has 0 fully saturated rings. The Hall–Kier alpha value is -2.31. The Bertz CT molecular complexity index is 578. The number of cyclic esters (lactones) is 1. The molecule has 1 aliphatic rings. The maximum Gasteiger partial charge on any atom is 0.416 e. The van der Waals surface area contributed by atoms with E-state index < -0.39 is 30.0 Å². The zero-order valence-electron chi connectivity index (χ0n) is 10.2. The summed E-state index contributed by atoms with van der Waals surface area (Å²) in [7, 11) is 0. The normalized spacial score (nSPS) is 14.8. The Morgan fingerprint density at radius 3 is 2.60 bits per heavy atom. The fourth-order valence-electron chi connectivity index (χ4n) is 1.79. The zero-order valence-corrected chi connectivity index (χ0v) is 10.2. The highest BCUT2D eigenvalue weighted by atomic mass is 19.4. The predicted molar refractivity (Wildman–Crippen MR) is 62.3 cm³/mol. The summed E-state index contributed by atoms with van der Waals surface area (Å²) < 4.78 is 42.8. The molecule has 0 saturated heterocycles. The zero-order chi connectivity index (χ0) is 14.8. The van der Waals surface area contributed by atoms with Crippen LogP contribution >= 0.6 is 0 Å². The fraction of sp³-hybridized carbons (Fsp3) is 0.231. The number of amides is 1. The van der Waals surface area contributed by atoms with E-state index >= 15 is 0 Å². The third-order valence-corrected chi connectivity index (χ3v) is 2.64. The number of alkyl halides is 3. The smallest absolute Gasteiger partial charge is 0.416 e. The second kappa shape index (κ2) is 5.36. The van der Waals surface area contributed by atoms with Crippen LogP contribution in [0.1, 0.15) is 11.1 Å². The van der Waals surface area contributed by atoms with Crippen LogP contribution in [0.15, 0.2) is 36.0 Å². The van der Waals surface area contributed by atoms with Crippen molar-refractivity contribution >= 4 is 11.9 Å². The van der Waals surface area contributed by atoms with E-state index in [4.69, 9.17) is 0 Å². The maximum absolute atomic E-state index is 12.7. The molecule has 4 nitrogen and oxygen atoms in total. The summed E-state index contributed by atoms with van der Waals surface area (Å²) in [5.74, 6) is -1.22. The van der Waals surface area contributed by atoms with Gasteiger partial charge in [-0.15, -0.1) is 0 Å². The second-order valence-electron chi connectivity index (χ2n) is 4.16. The van der Waals surface area contributed by atoms with Gasteiger partial charge in [-0.3, -0.25) is 4.79 Å². The lowest BCUT2D eigenvalue weighted by Crippen LogP contribution is -2.26. The van der Waals surface area contributed by atoms with Gasteiger partial charge in [0.25, 0.3) is 0 Å². The van der Waals surface area contributed by atoms with Gasteiger partial charge in [0.2, 0.25) is 5.91 Å². The summed E-state index contributed by atoms with van der Waals surface area (Å²) >= 11 is 0. The summed E-state index contributed by atoms with van der Waals surface area (Å²) in [5.41, 5.74) is -0.726.